The highest BCUT2D eigenvalue weighted by Crippen LogP contribution is 2.39. The number of halogens is 6. The second kappa shape index (κ2) is 7.02. The number of rotatable bonds is 2. The second-order valence-corrected chi connectivity index (χ2v) is 7.82. The minimum absolute atomic E-state index is 0.00172. The van der Waals surface area contributed by atoms with Crippen molar-refractivity contribution in [2.24, 2.45) is 12.8 Å². The molecule has 0 saturated heterocycles. The van der Waals surface area contributed by atoms with Gasteiger partial charge in [0.05, 0.1) is 11.4 Å². The van der Waals surface area contributed by atoms with Crippen LogP contribution >= 0.6 is 0 Å². The van der Waals surface area contributed by atoms with Crippen molar-refractivity contribution >= 4 is 0 Å². The van der Waals surface area contributed by atoms with E-state index in [4.69, 9.17) is 5.73 Å². The van der Waals surface area contributed by atoms with Gasteiger partial charge in [-0.15, -0.1) is 0 Å². The molecule has 2 N–H and O–H groups in total. The fraction of sp³-hybridized carbons (Fsp3) is 0.526. The van der Waals surface area contributed by atoms with Gasteiger partial charge in [0.1, 0.15) is 5.82 Å². The van der Waals surface area contributed by atoms with Crippen molar-refractivity contribution < 1.29 is 26.3 Å². The molecular weight excluding hydrogens is 398 g/mol. The molecule has 4 nitrogen and oxygen atoms in total. The monoisotopic (exact) mass is 418 g/mol. The van der Waals surface area contributed by atoms with Crippen LogP contribution in [0.5, 0.6) is 0 Å². The smallest absolute Gasteiger partial charge is 0.327 e. The molecule has 10 heteroatoms. The lowest BCUT2D eigenvalue weighted by Gasteiger charge is -2.38. The van der Waals surface area contributed by atoms with E-state index in [2.05, 4.69) is 4.98 Å². The number of hydrogen-bond donors (Lipinski definition) is 1. The van der Waals surface area contributed by atoms with E-state index < -0.39 is 41.4 Å². The fourth-order valence-electron chi connectivity index (χ4n) is 4.59. The molecule has 29 heavy (non-hydrogen) atoms. The second-order valence-electron chi connectivity index (χ2n) is 7.82. The Morgan fingerprint density at radius 2 is 1.72 bits per heavy atom. The third-order valence-corrected chi connectivity index (χ3v) is 6.08. The van der Waals surface area contributed by atoms with Crippen LogP contribution < -0.4 is 5.73 Å². The first kappa shape index (κ1) is 20.2. The Labute approximate surface area is 163 Å². The van der Waals surface area contributed by atoms with Gasteiger partial charge < -0.3 is 10.3 Å². The van der Waals surface area contributed by atoms with E-state index in [1.165, 1.54) is 7.05 Å². The Bertz CT molecular complexity index is 938. The summed E-state index contributed by atoms with van der Waals surface area (Å²) in [7, 11) is 1.35. The zero-order valence-electron chi connectivity index (χ0n) is 15.6. The van der Waals surface area contributed by atoms with Crippen molar-refractivity contribution in [3.8, 4) is 0 Å². The van der Waals surface area contributed by atoms with Crippen LogP contribution in [0.4, 0.5) is 26.3 Å². The summed E-state index contributed by atoms with van der Waals surface area (Å²) in [6, 6.07) is 0.919. The minimum Gasteiger partial charge on any atom is -0.327 e. The highest BCUT2D eigenvalue weighted by molar-refractivity contribution is 5.27. The van der Waals surface area contributed by atoms with Crippen molar-refractivity contribution in [1.29, 1.82) is 0 Å². The number of aromatic nitrogens is 2. The SMILES string of the molecule is Cn1c(C(F)(F)F)nc2c1CN([C@H]1CCC(c3cc(F)c(F)cc3F)C(N)C1)C2. The number of nitrogens with zero attached hydrogens (tertiary/aromatic N) is 3. The molecule has 2 heterocycles. The van der Waals surface area contributed by atoms with Crippen LogP contribution in [0, 0.1) is 17.5 Å². The fourth-order valence-corrected chi connectivity index (χ4v) is 4.59. The Hall–Kier alpha value is -2.07. The highest BCUT2D eigenvalue weighted by Gasteiger charge is 2.42. The lowest BCUT2D eigenvalue weighted by molar-refractivity contribution is -0.147. The molecule has 158 valence electrons. The van der Waals surface area contributed by atoms with E-state index >= 15 is 0 Å². The highest BCUT2D eigenvalue weighted by atomic mass is 19.4. The molecule has 0 spiro atoms. The molecule has 1 fully saturated rings. The topological polar surface area (TPSA) is 47.1 Å². The zero-order valence-corrected chi connectivity index (χ0v) is 15.6. The number of hydrogen-bond acceptors (Lipinski definition) is 3. The predicted molar refractivity (Wildman–Crippen MR) is 92.1 cm³/mol. The van der Waals surface area contributed by atoms with Crippen molar-refractivity contribution in [2.75, 3.05) is 0 Å². The first-order chi connectivity index (χ1) is 13.6. The standard InChI is InChI=1S/C19H20F6N4/c1-28-17-8-29(7-16(17)27-18(28)19(23,24)25)9-2-3-10(15(26)4-9)11-5-13(21)14(22)6-12(11)20/h5-6,9-10,15H,2-4,7-8,26H2,1H3/t9-,10?,15?/m0/s1. The Balaban J connectivity index is 1.46. The first-order valence-electron chi connectivity index (χ1n) is 9.32. The Morgan fingerprint density at radius 1 is 1.03 bits per heavy atom. The van der Waals surface area contributed by atoms with Gasteiger partial charge in [-0.2, -0.15) is 13.2 Å². The largest absolute Gasteiger partial charge is 0.449 e. The summed E-state index contributed by atoms with van der Waals surface area (Å²) in [6.07, 6.45) is -2.93. The van der Waals surface area contributed by atoms with Gasteiger partial charge in [0, 0.05) is 44.2 Å². The van der Waals surface area contributed by atoms with Crippen LogP contribution in [0.15, 0.2) is 12.1 Å². The Morgan fingerprint density at radius 3 is 2.34 bits per heavy atom. The van der Waals surface area contributed by atoms with Gasteiger partial charge in [0.15, 0.2) is 11.6 Å². The summed E-state index contributed by atoms with van der Waals surface area (Å²) >= 11 is 0. The van der Waals surface area contributed by atoms with Crippen molar-refractivity contribution in [1.82, 2.24) is 14.5 Å². The molecule has 2 aromatic rings. The van der Waals surface area contributed by atoms with Gasteiger partial charge in [0.25, 0.3) is 0 Å². The summed E-state index contributed by atoms with van der Waals surface area (Å²) in [5.74, 6) is -4.52. The summed E-state index contributed by atoms with van der Waals surface area (Å²) in [5.41, 5.74) is 7.24. The maximum Gasteiger partial charge on any atom is 0.449 e. The molecule has 1 aliphatic carbocycles. The van der Waals surface area contributed by atoms with Crippen LogP contribution in [-0.2, 0) is 26.3 Å². The summed E-state index contributed by atoms with van der Waals surface area (Å²) in [6.45, 7) is 0.622. The molecule has 3 atom stereocenters. The zero-order chi connectivity index (χ0) is 21.1. The molecule has 0 amide bonds. The van der Waals surface area contributed by atoms with Crippen molar-refractivity contribution in [2.45, 2.75) is 56.5 Å². The van der Waals surface area contributed by atoms with Crippen molar-refractivity contribution in [3.05, 3.63) is 52.4 Å². The normalized spacial score (nSPS) is 25.4. The van der Waals surface area contributed by atoms with E-state index in [0.29, 0.717) is 49.8 Å². The summed E-state index contributed by atoms with van der Waals surface area (Å²) in [5, 5.41) is 0. The lowest BCUT2D eigenvalue weighted by Crippen LogP contribution is -2.44. The van der Waals surface area contributed by atoms with Gasteiger partial charge in [-0.1, -0.05) is 0 Å². The summed E-state index contributed by atoms with van der Waals surface area (Å²) < 4.78 is 81.0. The first-order valence-corrected chi connectivity index (χ1v) is 9.32. The maximum absolute atomic E-state index is 14.1. The third-order valence-electron chi connectivity index (χ3n) is 6.08. The molecule has 1 aliphatic heterocycles. The van der Waals surface area contributed by atoms with Crippen LogP contribution in [-0.4, -0.2) is 26.5 Å². The minimum atomic E-state index is -4.50. The molecule has 2 aliphatic rings. The maximum atomic E-state index is 14.1. The van der Waals surface area contributed by atoms with E-state index in [1.807, 2.05) is 4.90 Å². The van der Waals surface area contributed by atoms with E-state index in [0.717, 1.165) is 10.6 Å². The number of alkyl halides is 3. The molecule has 1 aromatic heterocycles. The van der Waals surface area contributed by atoms with Crippen LogP contribution in [0.25, 0.3) is 0 Å². The molecule has 2 unspecified atom stereocenters. The van der Waals surface area contributed by atoms with Crippen LogP contribution in [0.1, 0.15) is 48.0 Å². The molecule has 1 saturated carbocycles. The Kier molecular flexibility index (Phi) is 4.89. The van der Waals surface area contributed by atoms with Crippen LogP contribution in [0.3, 0.4) is 0 Å². The molecular formula is C19H20F6N4. The third kappa shape index (κ3) is 3.52. The molecule has 1 aromatic carbocycles. The van der Waals surface area contributed by atoms with Crippen LogP contribution in [0.2, 0.25) is 0 Å². The van der Waals surface area contributed by atoms with E-state index in [9.17, 15) is 26.3 Å². The lowest BCUT2D eigenvalue weighted by atomic mass is 9.77. The molecule has 0 radical (unpaired) electrons. The van der Waals surface area contributed by atoms with Crippen molar-refractivity contribution in [3.63, 3.8) is 0 Å². The van der Waals surface area contributed by atoms with Gasteiger partial charge in [-0.05, 0) is 30.9 Å². The number of nitrogens with two attached hydrogens (primary N) is 1. The summed E-state index contributed by atoms with van der Waals surface area (Å²) in [4.78, 5) is 5.78. The number of benzene rings is 1. The van der Waals surface area contributed by atoms with E-state index in [-0.39, 0.29) is 11.6 Å². The number of imidazole rings is 1. The van der Waals surface area contributed by atoms with E-state index in [1.54, 1.807) is 0 Å². The quantitative estimate of drug-likeness (QED) is 0.596. The van der Waals surface area contributed by atoms with Gasteiger partial charge in [0.2, 0.25) is 5.82 Å². The average molecular weight is 418 g/mol. The van der Waals surface area contributed by atoms with Gasteiger partial charge in [-0.25, -0.2) is 18.2 Å². The molecule has 0 bridgehead atoms. The van der Waals surface area contributed by atoms with Gasteiger partial charge >= 0.3 is 6.18 Å². The molecule has 4 rings (SSSR count). The predicted octanol–water partition coefficient (Wildman–Crippen LogP) is 3.84. The average Bonchev–Trinajstić information content (AvgIpc) is 3.18. The number of fused-ring (bicyclic) bond motifs is 1. The van der Waals surface area contributed by atoms with Gasteiger partial charge in [-0.3, -0.25) is 4.90 Å².